The van der Waals surface area contributed by atoms with Gasteiger partial charge >= 0.3 is 0 Å². The Balaban J connectivity index is 0.000000194. The van der Waals surface area contributed by atoms with Crippen molar-refractivity contribution in [3.8, 4) is 0 Å². The summed E-state index contributed by atoms with van der Waals surface area (Å²) in [7, 11) is 1.64. The molecule has 338 valence electrons. The third-order valence-electron chi connectivity index (χ3n) is 11.4. The number of pyridine rings is 2. The van der Waals surface area contributed by atoms with E-state index < -0.39 is 0 Å². The summed E-state index contributed by atoms with van der Waals surface area (Å²) in [6, 6.07) is 29.1. The van der Waals surface area contributed by atoms with E-state index >= 15 is 0 Å². The van der Waals surface area contributed by atoms with Gasteiger partial charge in [0.25, 0.3) is 23.6 Å². The maximum absolute atomic E-state index is 13.2. The first kappa shape index (κ1) is 47.5. The molecule has 0 bridgehead atoms. The number of anilines is 2. The highest BCUT2D eigenvalue weighted by molar-refractivity contribution is 9.08. The highest BCUT2D eigenvalue weighted by Gasteiger charge is 2.23. The number of carbonyl (C=O) groups excluding carboxylic acids is 4. The van der Waals surface area contributed by atoms with Gasteiger partial charge in [-0.05, 0) is 107 Å². The van der Waals surface area contributed by atoms with E-state index in [4.69, 9.17) is 37.4 Å². The first-order valence-corrected chi connectivity index (χ1v) is 23.2. The van der Waals surface area contributed by atoms with E-state index in [0.29, 0.717) is 85.8 Å². The predicted octanol–water partition coefficient (Wildman–Crippen LogP) is 9.64. The van der Waals surface area contributed by atoms with Crippen LogP contribution in [0.25, 0.3) is 21.5 Å². The SMILES string of the molecule is COCc1ccc(C(=O)Nc2ccc(Cl)nc2C(=O)NCC2CCOCC2)c2ccccc12.O=C(NCC1CCOCC1)c1nc(Cl)ccc1NC(=O)c1ccc(CBr)c2ccccc12. The second-order valence-corrected chi connectivity index (χ2v) is 17.0. The number of rotatable bonds is 13. The highest BCUT2D eigenvalue weighted by atomic mass is 79.9. The zero-order valence-corrected chi connectivity index (χ0v) is 38.9. The predicted molar refractivity (Wildman–Crippen MR) is 257 cm³/mol. The Bertz CT molecular complexity index is 2670. The van der Waals surface area contributed by atoms with Crippen LogP contribution in [0.2, 0.25) is 10.3 Å². The van der Waals surface area contributed by atoms with Crippen molar-refractivity contribution < 1.29 is 33.4 Å². The summed E-state index contributed by atoms with van der Waals surface area (Å²) in [5, 5.41) is 16.2. The fourth-order valence-electron chi connectivity index (χ4n) is 7.86. The molecule has 0 unspecified atom stereocenters. The quantitative estimate of drug-likeness (QED) is 0.0650. The standard InChI is InChI=1S/C25H26ClN3O4.C24H23BrClN3O3/c1-32-15-17-6-7-20(19-5-3-2-4-18(17)19)24(30)28-21-8-9-22(26)29-23(21)25(31)27-14-16-10-12-33-13-11-16;25-13-16-5-6-19(18-4-2-1-3-17(16)18)23(30)28-20-7-8-21(26)29-22(20)24(31)27-14-15-9-11-32-12-10-15/h2-9,16H,10-15H2,1H3,(H,27,31)(H,28,30);1-8,15H,9-14H2,(H,27,31)(H,28,30). The summed E-state index contributed by atoms with van der Waals surface area (Å²) in [5.41, 5.74) is 3.91. The highest BCUT2D eigenvalue weighted by Crippen LogP contribution is 2.28. The van der Waals surface area contributed by atoms with E-state index in [-0.39, 0.29) is 45.3 Å². The normalized spacial score (nSPS) is 14.3. The smallest absolute Gasteiger partial charge is 0.272 e. The van der Waals surface area contributed by atoms with Crippen LogP contribution in [0.3, 0.4) is 0 Å². The van der Waals surface area contributed by atoms with Gasteiger partial charge in [-0.15, -0.1) is 0 Å². The lowest BCUT2D eigenvalue weighted by molar-refractivity contribution is 0.0642. The van der Waals surface area contributed by atoms with E-state index in [2.05, 4.69) is 47.2 Å². The zero-order valence-electron chi connectivity index (χ0n) is 35.8. The van der Waals surface area contributed by atoms with Crippen LogP contribution in [-0.2, 0) is 26.1 Å². The maximum Gasteiger partial charge on any atom is 0.272 e. The van der Waals surface area contributed by atoms with Crippen LogP contribution in [0.15, 0.2) is 97.1 Å². The summed E-state index contributed by atoms with van der Waals surface area (Å²) in [4.78, 5) is 60.5. The molecule has 2 saturated heterocycles. The minimum atomic E-state index is -0.375. The molecule has 65 heavy (non-hydrogen) atoms. The number of carbonyl (C=O) groups is 4. The lowest BCUT2D eigenvalue weighted by Gasteiger charge is -2.22. The van der Waals surface area contributed by atoms with Crippen LogP contribution in [0.5, 0.6) is 0 Å². The molecule has 6 aromatic rings. The molecule has 4 N–H and O–H groups in total. The molecule has 13 nitrogen and oxygen atoms in total. The van der Waals surface area contributed by atoms with Crippen LogP contribution < -0.4 is 21.3 Å². The molecule has 2 aliphatic heterocycles. The minimum Gasteiger partial charge on any atom is -0.381 e. The molecular formula is C49H49BrCl2N6O7. The van der Waals surface area contributed by atoms with Gasteiger partial charge < -0.3 is 35.5 Å². The number of nitrogens with zero attached hydrogens (tertiary/aromatic N) is 2. The Kier molecular flexibility index (Phi) is 16.9. The van der Waals surface area contributed by atoms with Gasteiger partial charge in [-0.25, -0.2) is 9.97 Å². The van der Waals surface area contributed by atoms with Crippen molar-refractivity contribution in [2.45, 2.75) is 37.6 Å². The van der Waals surface area contributed by atoms with Crippen LogP contribution in [0.1, 0.15) is 78.5 Å². The largest absolute Gasteiger partial charge is 0.381 e. The Labute approximate surface area is 395 Å². The van der Waals surface area contributed by atoms with E-state index in [1.54, 1.807) is 43.5 Å². The fraction of sp³-hybridized carbons (Fsp3) is 0.306. The molecule has 4 aromatic carbocycles. The number of methoxy groups -OCH3 is 1. The molecule has 4 heterocycles. The minimum absolute atomic E-state index is 0.0863. The van der Waals surface area contributed by atoms with Crippen molar-refractivity contribution in [1.82, 2.24) is 20.6 Å². The average molecular weight is 985 g/mol. The Morgan fingerprint density at radius 1 is 0.585 bits per heavy atom. The van der Waals surface area contributed by atoms with E-state index in [1.807, 2.05) is 60.7 Å². The molecule has 0 atom stereocenters. The molecule has 0 saturated carbocycles. The second kappa shape index (κ2) is 23.1. The number of benzene rings is 4. The molecular weight excluding hydrogens is 935 g/mol. The lowest BCUT2D eigenvalue weighted by Crippen LogP contribution is -2.33. The number of hydrogen-bond acceptors (Lipinski definition) is 9. The van der Waals surface area contributed by atoms with Crippen molar-refractivity contribution in [2.24, 2.45) is 11.8 Å². The number of nitrogens with one attached hydrogen (secondary N) is 4. The molecule has 8 rings (SSSR count). The van der Waals surface area contributed by atoms with Gasteiger partial charge in [0.1, 0.15) is 10.3 Å². The van der Waals surface area contributed by atoms with Crippen LogP contribution >= 0.6 is 39.1 Å². The van der Waals surface area contributed by atoms with E-state index in [9.17, 15) is 19.2 Å². The van der Waals surface area contributed by atoms with Gasteiger partial charge in [0.15, 0.2) is 11.4 Å². The van der Waals surface area contributed by atoms with Gasteiger partial charge in [-0.1, -0.05) is 99.8 Å². The number of aromatic nitrogens is 2. The number of fused-ring (bicyclic) bond motifs is 2. The molecule has 0 radical (unpaired) electrons. The van der Waals surface area contributed by atoms with Crippen LogP contribution in [0, 0.1) is 11.8 Å². The van der Waals surface area contributed by atoms with Crippen molar-refractivity contribution in [3.05, 3.63) is 141 Å². The number of ether oxygens (including phenoxy) is 3. The zero-order chi connectivity index (χ0) is 45.7. The molecule has 2 aromatic heterocycles. The topological polar surface area (TPSA) is 170 Å². The Morgan fingerprint density at radius 3 is 1.43 bits per heavy atom. The third-order valence-corrected chi connectivity index (χ3v) is 12.4. The molecule has 16 heteroatoms. The van der Waals surface area contributed by atoms with Crippen molar-refractivity contribution >= 4 is 95.7 Å². The first-order chi connectivity index (χ1) is 31.6. The molecule has 4 amide bonds. The van der Waals surface area contributed by atoms with Gasteiger partial charge in [0.05, 0.1) is 18.0 Å². The fourth-order valence-corrected chi connectivity index (χ4v) is 8.64. The Hall–Kier alpha value is -5.48. The summed E-state index contributed by atoms with van der Waals surface area (Å²) >= 11 is 15.6. The summed E-state index contributed by atoms with van der Waals surface area (Å²) in [6.45, 7) is 4.32. The van der Waals surface area contributed by atoms with Gasteiger partial charge in [-0.3, -0.25) is 19.2 Å². The second-order valence-electron chi connectivity index (χ2n) is 15.7. The number of alkyl halides is 1. The number of hydrogen-bond donors (Lipinski definition) is 4. The number of amides is 4. The van der Waals surface area contributed by atoms with Crippen molar-refractivity contribution in [3.63, 3.8) is 0 Å². The molecule has 0 aliphatic carbocycles. The van der Waals surface area contributed by atoms with Gasteiger partial charge in [0, 0.05) is 63.1 Å². The van der Waals surface area contributed by atoms with Crippen LogP contribution in [-0.4, -0.2) is 80.2 Å². The lowest BCUT2D eigenvalue weighted by atomic mass is 9.99. The molecule has 2 aliphatic rings. The monoisotopic (exact) mass is 982 g/mol. The third kappa shape index (κ3) is 12.3. The van der Waals surface area contributed by atoms with Gasteiger partial charge in [0.2, 0.25) is 0 Å². The number of halogens is 3. The summed E-state index contributed by atoms with van der Waals surface area (Å²) in [6.07, 6.45) is 3.62. The van der Waals surface area contributed by atoms with Crippen LogP contribution in [0.4, 0.5) is 11.4 Å². The van der Waals surface area contributed by atoms with E-state index in [0.717, 1.165) is 58.4 Å². The van der Waals surface area contributed by atoms with E-state index in [1.165, 1.54) is 0 Å². The van der Waals surface area contributed by atoms with Gasteiger partial charge in [-0.2, -0.15) is 0 Å². The average Bonchev–Trinajstić information content (AvgIpc) is 3.34. The molecule has 0 spiro atoms. The maximum atomic E-state index is 13.2. The summed E-state index contributed by atoms with van der Waals surface area (Å²) < 4.78 is 16.0. The first-order valence-electron chi connectivity index (χ1n) is 21.4. The van der Waals surface area contributed by atoms with Crippen molar-refractivity contribution in [1.29, 1.82) is 0 Å². The summed E-state index contributed by atoms with van der Waals surface area (Å²) in [5.74, 6) is -0.669. The Morgan fingerprint density at radius 2 is 1.00 bits per heavy atom. The van der Waals surface area contributed by atoms with Crippen molar-refractivity contribution in [2.75, 3.05) is 57.3 Å². The molecule has 2 fully saturated rings.